The molecule has 0 amide bonds. The quantitative estimate of drug-likeness (QED) is 0.610. The predicted molar refractivity (Wildman–Crippen MR) is 112 cm³/mol. The number of rotatable bonds is 4. The molecule has 158 valence electrons. The minimum atomic E-state index is -0.651. The van der Waals surface area contributed by atoms with Crippen LogP contribution in [0.3, 0.4) is 0 Å². The van der Waals surface area contributed by atoms with E-state index in [0.717, 1.165) is 37.0 Å². The molecule has 0 bridgehead atoms. The van der Waals surface area contributed by atoms with Gasteiger partial charge in [0, 0.05) is 6.42 Å². The maximum atomic E-state index is 11.1. The number of allylic oxidation sites excluding steroid dienone is 1. The van der Waals surface area contributed by atoms with Crippen molar-refractivity contribution in [3.63, 3.8) is 0 Å². The van der Waals surface area contributed by atoms with Crippen LogP contribution in [0.2, 0.25) is 0 Å². The smallest absolute Gasteiger partial charge is 0.303 e. The van der Waals surface area contributed by atoms with Crippen LogP contribution in [0.4, 0.5) is 0 Å². The molecule has 3 fully saturated rings. The molecule has 4 aliphatic rings. The Labute approximate surface area is 171 Å². The first-order chi connectivity index (χ1) is 13.2. The summed E-state index contributed by atoms with van der Waals surface area (Å²) < 4.78 is 0. The fourth-order valence-corrected chi connectivity index (χ4v) is 8.60. The molecule has 9 atom stereocenters. The van der Waals surface area contributed by atoms with Crippen LogP contribution in [-0.2, 0) is 4.79 Å². The van der Waals surface area contributed by atoms with Crippen LogP contribution in [-0.4, -0.2) is 22.3 Å². The van der Waals surface area contributed by atoms with E-state index < -0.39 is 5.97 Å². The number of hydrogen-bond acceptors (Lipinski definition) is 2. The van der Waals surface area contributed by atoms with Gasteiger partial charge >= 0.3 is 5.97 Å². The topological polar surface area (TPSA) is 57.5 Å². The van der Waals surface area contributed by atoms with Gasteiger partial charge in [0.05, 0.1) is 6.10 Å². The third-order valence-electron chi connectivity index (χ3n) is 10.2. The van der Waals surface area contributed by atoms with Crippen molar-refractivity contribution in [3.8, 4) is 0 Å². The van der Waals surface area contributed by atoms with Crippen molar-refractivity contribution in [2.75, 3.05) is 0 Å². The molecule has 3 nitrogen and oxygen atoms in total. The lowest BCUT2D eigenvalue weighted by Gasteiger charge is -2.60. The molecule has 28 heavy (non-hydrogen) atoms. The molecule has 4 rings (SSSR count). The first-order valence-corrected chi connectivity index (χ1v) is 11.8. The van der Waals surface area contributed by atoms with Crippen molar-refractivity contribution in [1.29, 1.82) is 0 Å². The highest BCUT2D eigenvalue weighted by Gasteiger charge is 2.60. The van der Waals surface area contributed by atoms with Gasteiger partial charge in [-0.25, -0.2) is 0 Å². The van der Waals surface area contributed by atoms with Crippen LogP contribution in [0.25, 0.3) is 0 Å². The summed E-state index contributed by atoms with van der Waals surface area (Å²) in [5.74, 6) is 3.44. The fourth-order valence-electron chi connectivity index (χ4n) is 8.60. The number of fused-ring (bicyclic) bond motifs is 5. The van der Waals surface area contributed by atoms with Crippen LogP contribution >= 0.6 is 0 Å². The largest absolute Gasteiger partial charge is 0.481 e. The van der Waals surface area contributed by atoms with Gasteiger partial charge in [-0.2, -0.15) is 0 Å². The van der Waals surface area contributed by atoms with Crippen molar-refractivity contribution in [3.05, 3.63) is 11.6 Å². The Morgan fingerprint density at radius 3 is 2.71 bits per heavy atom. The second-order valence-corrected chi connectivity index (χ2v) is 11.3. The molecule has 1 unspecified atom stereocenters. The highest BCUT2D eigenvalue weighted by atomic mass is 16.4. The molecule has 0 aromatic carbocycles. The molecule has 0 aromatic heterocycles. The summed E-state index contributed by atoms with van der Waals surface area (Å²) in [6, 6.07) is 0. The van der Waals surface area contributed by atoms with Crippen LogP contribution in [0.1, 0.15) is 85.5 Å². The molecular formula is C25H40O3. The molecule has 0 heterocycles. The summed E-state index contributed by atoms with van der Waals surface area (Å²) in [5.41, 5.74) is 2.21. The summed E-state index contributed by atoms with van der Waals surface area (Å²) in [5, 5.41) is 19.4. The Morgan fingerprint density at radius 2 is 2.00 bits per heavy atom. The van der Waals surface area contributed by atoms with Crippen LogP contribution in [0, 0.1) is 46.3 Å². The number of hydrogen-bond donors (Lipinski definition) is 2. The number of aliphatic hydroxyl groups is 1. The van der Waals surface area contributed by atoms with Crippen LogP contribution in [0.15, 0.2) is 11.6 Å². The normalized spacial score (nSPS) is 48.8. The van der Waals surface area contributed by atoms with Crippen molar-refractivity contribution >= 4 is 5.97 Å². The maximum absolute atomic E-state index is 11.1. The number of aliphatic hydroxyl groups excluding tert-OH is 1. The molecule has 2 N–H and O–H groups in total. The number of carboxylic acids is 1. The van der Waals surface area contributed by atoms with Crippen molar-refractivity contribution in [2.24, 2.45) is 46.3 Å². The van der Waals surface area contributed by atoms with E-state index in [-0.39, 0.29) is 11.5 Å². The molecule has 0 radical (unpaired) electrons. The molecule has 3 saturated carbocycles. The summed E-state index contributed by atoms with van der Waals surface area (Å²) in [6.45, 7) is 9.73. The lowest BCUT2D eigenvalue weighted by Crippen LogP contribution is -2.53. The highest BCUT2D eigenvalue weighted by Crippen LogP contribution is 2.68. The minimum absolute atomic E-state index is 0.148. The Balaban J connectivity index is 1.57. The van der Waals surface area contributed by atoms with Gasteiger partial charge < -0.3 is 10.2 Å². The summed E-state index contributed by atoms with van der Waals surface area (Å²) >= 11 is 0. The van der Waals surface area contributed by atoms with Gasteiger partial charge in [0.15, 0.2) is 0 Å². The van der Waals surface area contributed by atoms with Crippen molar-refractivity contribution < 1.29 is 15.0 Å². The first kappa shape index (κ1) is 20.4. The van der Waals surface area contributed by atoms with E-state index in [0.29, 0.717) is 29.6 Å². The predicted octanol–water partition coefficient (Wildman–Crippen LogP) is 5.67. The van der Waals surface area contributed by atoms with E-state index in [2.05, 4.69) is 33.8 Å². The molecular weight excluding hydrogens is 348 g/mol. The second-order valence-electron chi connectivity index (χ2n) is 11.3. The van der Waals surface area contributed by atoms with E-state index in [9.17, 15) is 9.90 Å². The summed E-state index contributed by atoms with van der Waals surface area (Å²) in [4.78, 5) is 11.1. The SMILES string of the molecule is CC1C[C@H](O)CC2=CC[C@H]3[C@@H]4CC[C@H]([C@H](C)CCC(=O)O)[C@@]4(C)CC[C@@H]3[C@]21C. The Morgan fingerprint density at radius 1 is 1.25 bits per heavy atom. The Kier molecular flexibility index (Phi) is 5.22. The van der Waals surface area contributed by atoms with Crippen LogP contribution in [0.5, 0.6) is 0 Å². The summed E-state index contributed by atoms with van der Waals surface area (Å²) in [7, 11) is 0. The van der Waals surface area contributed by atoms with E-state index in [1.54, 1.807) is 5.57 Å². The lowest BCUT2D eigenvalue weighted by atomic mass is 9.45. The fraction of sp³-hybridized carbons (Fsp3) is 0.880. The van der Waals surface area contributed by atoms with Gasteiger partial charge in [0.1, 0.15) is 0 Å². The molecule has 0 saturated heterocycles. The van der Waals surface area contributed by atoms with Crippen LogP contribution < -0.4 is 0 Å². The standard InChI is InChI=1S/C25H40O3/c1-15(5-10-23(27)28)20-8-9-21-19-7-6-17-14-18(26)13-16(2)25(17,4)22(19)11-12-24(20,21)3/h6,15-16,18-22,26H,5,7-14H2,1-4H3,(H,27,28)/t15-,16?,18+,19+,20-,21+,22+,24-,25+/m1/s1. The zero-order chi connectivity index (χ0) is 20.3. The van der Waals surface area contributed by atoms with E-state index in [4.69, 9.17) is 5.11 Å². The van der Waals surface area contributed by atoms with Gasteiger partial charge in [-0.3, -0.25) is 4.79 Å². The maximum Gasteiger partial charge on any atom is 0.303 e. The van der Waals surface area contributed by atoms with Crippen molar-refractivity contribution in [2.45, 2.75) is 91.6 Å². The first-order valence-electron chi connectivity index (χ1n) is 11.8. The zero-order valence-corrected chi connectivity index (χ0v) is 18.3. The van der Waals surface area contributed by atoms with E-state index in [1.807, 2.05) is 0 Å². The zero-order valence-electron chi connectivity index (χ0n) is 18.3. The van der Waals surface area contributed by atoms with E-state index >= 15 is 0 Å². The molecule has 3 heteroatoms. The number of carboxylic acid groups (broad SMARTS) is 1. The average Bonchev–Trinajstić information content (AvgIpc) is 2.98. The molecule has 0 spiro atoms. The Hall–Kier alpha value is -0.830. The van der Waals surface area contributed by atoms with Gasteiger partial charge in [-0.1, -0.05) is 39.3 Å². The highest BCUT2D eigenvalue weighted by molar-refractivity contribution is 5.66. The number of aliphatic carboxylic acids is 1. The lowest BCUT2D eigenvalue weighted by molar-refractivity contribution is -0.137. The molecule has 0 aliphatic heterocycles. The monoisotopic (exact) mass is 388 g/mol. The van der Waals surface area contributed by atoms with Gasteiger partial charge in [0.25, 0.3) is 0 Å². The van der Waals surface area contributed by atoms with E-state index in [1.165, 1.54) is 32.1 Å². The Bertz CT molecular complexity index is 654. The second kappa shape index (κ2) is 7.15. The third-order valence-corrected chi connectivity index (χ3v) is 10.2. The van der Waals surface area contributed by atoms with Gasteiger partial charge in [0.2, 0.25) is 0 Å². The number of carbonyl (C=O) groups is 1. The van der Waals surface area contributed by atoms with Gasteiger partial charge in [-0.15, -0.1) is 0 Å². The molecule has 4 aliphatic carbocycles. The molecule has 0 aromatic rings. The van der Waals surface area contributed by atoms with Crippen molar-refractivity contribution in [1.82, 2.24) is 0 Å². The third kappa shape index (κ3) is 2.99. The van der Waals surface area contributed by atoms with Gasteiger partial charge in [-0.05, 0) is 97.7 Å². The summed E-state index contributed by atoms with van der Waals surface area (Å²) in [6.07, 6.45) is 11.8. The average molecular weight is 389 g/mol. The minimum Gasteiger partial charge on any atom is -0.481 e.